The van der Waals surface area contributed by atoms with Gasteiger partial charge in [-0.05, 0) is 32.7 Å². The largest absolute Gasteiger partial charge is 0.481 e. The number of carboxylic acid groups (broad SMARTS) is 1. The standard InChI is InChI=1S/C15H26N2O3/c1-4-11-7-12(13(8-11)15(19)20)14(18)17-6-5-16(3)9-10(17)2/h10-13H,4-9H2,1-3H3,(H,19,20). The third-order valence-electron chi connectivity index (χ3n) is 4.99. The number of carboxylic acids is 1. The number of amides is 1. The number of nitrogens with zero attached hydrogens (tertiary/aromatic N) is 2. The van der Waals surface area contributed by atoms with Gasteiger partial charge in [0.15, 0.2) is 0 Å². The van der Waals surface area contributed by atoms with Crippen molar-refractivity contribution in [1.29, 1.82) is 0 Å². The summed E-state index contributed by atoms with van der Waals surface area (Å²) in [5.74, 6) is -1.16. The molecule has 5 nitrogen and oxygen atoms in total. The molecule has 1 aliphatic carbocycles. The summed E-state index contributed by atoms with van der Waals surface area (Å²) in [6.45, 7) is 6.59. The highest BCUT2D eigenvalue weighted by Crippen LogP contribution is 2.39. The van der Waals surface area contributed by atoms with Crippen LogP contribution in [0.2, 0.25) is 0 Å². The summed E-state index contributed by atoms with van der Waals surface area (Å²) >= 11 is 0. The van der Waals surface area contributed by atoms with Crippen LogP contribution in [-0.4, -0.2) is 59.5 Å². The number of hydrogen-bond donors (Lipinski definition) is 1. The Morgan fingerprint density at radius 3 is 2.40 bits per heavy atom. The van der Waals surface area contributed by atoms with E-state index in [1.165, 1.54) is 0 Å². The fraction of sp³-hybridized carbons (Fsp3) is 0.867. The molecule has 0 aromatic rings. The molecule has 1 N–H and O–H groups in total. The maximum Gasteiger partial charge on any atom is 0.307 e. The van der Waals surface area contributed by atoms with Crippen molar-refractivity contribution < 1.29 is 14.7 Å². The van der Waals surface area contributed by atoms with E-state index in [1.807, 2.05) is 4.90 Å². The topological polar surface area (TPSA) is 60.9 Å². The third-order valence-corrected chi connectivity index (χ3v) is 4.99. The predicted octanol–water partition coefficient (Wildman–Crippen LogP) is 1.29. The van der Waals surface area contributed by atoms with Crippen LogP contribution in [-0.2, 0) is 9.59 Å². The fourth-order valence-corrected chi connectivity index (χ4v) is 3.70. The van der Waals surface area contributed by atoms with Crippen LogP contribution in [0.25, 0.3) is 0 Å². The number of rotatable bonds is 3. The lowest BCUT2D eigenvalue weighted by molar-refractivity contribution is -0.151. The van der Waals surface area contributed by atoms with Gasteiger partial charge in [-0.15, -0.1) is 0 Å². The Balaban J connectivity index is 2.08. The molecule has 1 saturated carbocycles. The Bertz CT molecular complexity index is 385. The Labute approximate surface area is 120 Å². The molecule has 5 heteroatoms. The Morgan fingerprint density at radius 2 is 1.85 bits per heavy atom. The van der Waals surface area contributed by atoms with Crippen molar-refractivity contribution in [2.75, 3.05) is 26.7 Å². The molecule has 20 heavy (non-hydrogen) atoms. The molecule has 1 saturated heterocycles. The number of piperazine rings is 1. The van der Waals surface area contributed by atoms with Crippen LogP contribution < -0.4 is 0 Å². The average molecular weight is 282 g/mol. The third kappa shape index (κ3) is 2.97. The lowest BCUT2D eigenvalue weighted by Gasteiger charge is -2.40. The first-order valence-corrected chi connectivity index (χ1v) is 7.65. The Hall–Kier alpha value is -1.10. The first-order chi connectivity index (χ1) is 9.43. The molecule has 0 radical (unpaired) electrons. The molecule has 2 aliphatic rings. The molecule has 0 aromatic heterocycles. The minimum absolute atomic E-state index is 0.0638. The van der Waals surface area contributed by atoms with E-state index in [1.54, 1.807) is 0 Å². The molecule has 1 amide bonds. The average Bonchev–Trinajstić information content (AvgIpc) is 2.82. The molecular formula is C15H26N2O3. The summed E-state index contributed by atoms with van der Waals surface area (Å²) in [4.78, 5) is 28.3. The van der Waals surface area contributed by atoms with Gasteiger partial charge in [-0.1, -0.05) is 13.3 Å². The van der Waals surface area contributed by atoms with Crippen molar-refractivity contribution in [1.82, 2.24) is 9.80 Å². The highest BCUT2D eigenvalue weighted by molar-refractivity contribution is 5.85. The number of carbonyl (C=O) groups excluding carboxylic acids is 1. The number of aliphatic carboxylic acids is 1. The summed E-state index contributed by atoms with van der Waals surface area (Å²) in [5, 5.41) is 9.37. The van der Waals surface area contributed by atoms with E-state index in [0.29, 0.717) is 12.3 Å². The Morgan fingerprint density at radius 1 is 1.20 bits per heavy atom. The van der Waals surface area contributed by atoms with Gasteiger partial charge in [0, 0.05) is 25.7 Å². The molecule has 0 spiro atoms. The Kier molecular flexibility index (Phi) is 4.68. The smallest absolute Gasteiger partial charge is 0.307 e. The highest BCUT2D eigenvalue weighted by Gasteiger charge is 2.44. The maximum absolute atomic E-state index is 12.7. The van der Waals surface area contributed by atoms with Crippen LogP contribution in [0.4, 0.5) is 0 Å². The monoisotopic (exact) mass is 282 g/mol. The van der Waals surface area contributed by atoms with Crippen molar-refractivity contribution in [2.45, 2.75) is 39.2 Å². The summed E-state index contributed by atoms with van der Waals surface area (Å²) in [7, 11) is 2.06. The first-order valence-electron chi connectivity index (χ1n) is 7.65. The van der Waals surface area contributed by atoms with Gasteiger partial charge in [-0.25, -0.2) is 0 Å². The lowest BCUT2D eigenvalue weighted by Crippen LogP contribution is -2.54. The molecule has 4 unspecified atom stereocenters. The molecule has 1 aliphatic heterocycles. The second kappa shape index (κ2) is 6.12. The van der Waals surface area contributed by atoms with Crippen molar-refractivity contribution >= 4 is 11.9 Å². The summed E-state index contributed by atoms with van der Waals surface area (Å²) in [5.41, 5.74) is 0. The van der Waals surface area contributed by atoms with Crippen molar-refractivity contribution in [3.8, 4) is 0 Å². The summed E-state index contributed by atoms with van der Waals surface area (Å²) in [6, 6.07) is 0.177. The number of hydrogen-bond acceptors (Lipinski definition) is 3. The highest BCUT2D eigenvalue weighted by atomic mass is 16.4. The van der Waals surface area contributed by atoms with Crippen LogP contribution in [0.15, 0.2) is 0 Å². The van der Waals surface area contributed by atoms with Crippen molar-refractivity contribution in [3.63, 3.8) is 0 Å². The predicted molar refractivity (Wildman–Crippen MR) is 76.3 cm³/mol. The van der Waals surface area contributed by atoms with Crippen molar-refractivity contribution in [2.24, 2.45) is 17.8 Å². The van der Waals surface area contributed by atoms with E-state index < -0.39 is 11.9 Å². The van der Waals surface area contributed by atoms with Crippen LogP contribution in [0, 0.1) is 17.8 Å². The maximum atomic E-state index is 12.7. The minimum Gasteiger partial charge on any atom is -0.481 e. The molecule has 0 aromatic carbocycles. The normalized spacial score (nSPS) is 35.2. The van der Waals surface area contributed by atoms with E-state index >= 15 is 0 Å². The van der Waals surface area contributed by atoms with Gasteiger partial charge in [0.1, 0.15) is 0 Å². The molecule has 1 heterocycles. The molecule has 4 atom stereocenters. The second-order valence-corrected chi connectivity index (χ2v) is 6.44. The van der Waals surface area contributed by atoms with Crippen LogP contribution in [0.3, 0.4) is 0 Å². The zero-order valence-corrected chi connectivity index (χ0v) is 12.7. The molecule has 2 fully saturated rings. The minimum atomic E-state index is -0.805. The van der Waals surface area contributed by atoms with Gasteiger partial charge in [0.25, 0.3) is 0 Å². The van der Waals surface area contributed by atoms with E-state index in [-0.39, 0.29) is 17.9 Å². The van der Waals surface area contributed by atoms with E-state index in [9.17, 15) is 14.7 Å². The second-order valence-electron chi connectivity index (χ2n) is 6.44. The van der Waals surface area contributed by atoms with Gasteiger partial charge < -0.3 is 14.9 Å². The van der Waals surface area contributed by atoms with E-state index in [4.69, 9.17) is 0 Å². The van der Waals surface area contributed by atoms with Gasteiger partial charge in [-0.2, -0.15) is 0 Å². The zero-order chi connectivity index (χ0) is 14.9. The van der Waals surface area contributed by atoms with Gasteiger partial charge in [-0.3, -0.25) is 9.59 Å². The van der Waals surface area contributed by atoms with Gasteiger partial charge >= 0.3 is 5.97 Å². The lowest BCUT2D eigenvalue weighted by atomic mass is 9.94. The van der Waals surface area contributed by atoms with E-state index in [0.717, 1.165) is 32.5 Å². The number of carbonyl (C=O) groups is 2. The van der Waals surface area contributed by atoms with E-state index in [2.05, 4.69) is 25.8 Å². The van der Waals surface area contributed by atoms with Crippen molar-refractivity contribution in [3.05, 3.63) is 0 Å². The zero-order valence-electron chi connectivity index (χ0n) is 12.7. The van der Waals surface area contributed by atoms with Crippen LogP contribution in [0.5, 0.6) is 0 Å². The fourth-order valence-electron chi connectivity index (χ4n) is 3.70. The van der Waals surface area contributed by atoms with Crippen LogP contribution >= 0.6 is 0 Å². The summed E-state index contributed by atoms with van der Waals surface area (Å²) in [6.07, 6.45) is 2.36. The quantitative estimate of drug-likeness (QED) is 0.847. The van der Waals surface area contributed by atoms with Gasteiger partial charge in [0.05, 0.1) is 11.8 Å². The van der Waals surface area contributed by atoms with Gasteiger partial charge in [0.2, 0.25) is 5.91 Å². The van der Waals surface area contributed by atoms with Crippen LogP contribution in [0.1, 0.15) is 33.1 Å². The molecule has 2 rings (SSSR count). The molecule has 114 valence electrons. The SMILES string of the molecule is CCC1CC(C(=O)O)C(C(=O)N2CCN(C)CC2C)C1. The summed E-state index contributed by atoms with van der Waals surface area (Å²) < 4.78 is 0. The molecular weight excluding hydrogens is 256 g/mol. The number of likely N-dealkylation sites (N-methyl/N-ethyl adjacent to an activating group) is 1. The first kappa shape index (κ1) is 15.3. The molecule has 0 bridgehead atoms.